The Bertz CT molecular complexity index is 1460. The molecule has 5 rings (SSSR count). The van der Waals surface area contributed by atoms with Crippen molar-refractivity contribution >= 4 is 54.7 Å². The van der Waals surface area contributed by atoms with Gasteiger partial charge in [-0.3, -0.25) is 0 Å². The first-order valence-electron chi connectivity index (χ1n) is 17.4. The molecule has 3 aliphatic rings. The molecule has 2 aromatic rings. The van der Waals surface area contributed by atoms with Gasteiger partial charge in [-0.25, -0.2) is 9.59 Å². The lowest BCUT2D eigenvalue weighted by Gasteiger charge is -2.32. The molecule has 0 radical (unpaired) electrons. The molecular weight excluding hydrogens is 733 g/mol. The zero-order valence-corrected chi connectivity index (χ0v) is 34.8. The van der Waals surface area contributed by atoms with Gasteiger partial charge in [-0.1, -0.05) is 52.3 Å². The minimum Gasteiger partial charge on any atom is -0.453 e. The lowest BCUT2D eigenvalue weighted by Crippen LogP contribution is -2.41. The first-order valence-corrected chi connectivity index (χ1v) is 18.2. The summed E-state index contributed by atoms with van der Waals surface area (Å²) in [6, 6.07) is 15.5. The van der Waals surface area contributed by atoms with Crippen LogP contribution in [0.15, 0.2) is 53.0 Å². The lowest BCUT2D eigenvalue weighted by atomic mass is 9.49. The second kappa shape index (κ2) is 16.8. The molecule has 286 valence electrons. The van der Waals surface area contributed by atoms with Gasteiger partial charge in [0, 0.05) is 17.6 Å². The monoisotopic (exact) mass is 788 g/mol. The number of carbonyl (C=O) groups is 2. The molecule has 0 bridgehead atoms. The number of rotatable bonds is 6. The molecular formula is C36H56B3BrN2O10. The molecule has 2 N–H and O–H groups in total. The largest absolute Gasteiger partial charge is 0.494 e. The van der Waals surface area contributed by atoms with E-state index < -0.39 is 33.3 Å². The van der Waals surface area contributed by atoms with Crippen molar-refractivity contribution in [2.24, 2.45) is 0 Å². The Labute approximate surface area is 319 Å². The van der Waals surface area contributed by atoms with Crippen molar-refractivity contribution in [1.82, 2.24) is 10.6 Å². The van der Waals surface area contributed by atoms with Crippen LogP contribution in [0.25, 0.3) is 0 Å². The van der Waals surface area contributed by atoms with Crippen LogP contribution in [0.1, 0.15) is 94.2 Å². The van der Waals surface area contributed by atoms with E-state index in [1.54, 1.807) is 0 Å². The Morgan fingerprint density at radius 1 is 0.577 bits per heavy atom. The number of nitrogens with one attached hydrogen (secondary N) is 2. The van der Waals surface area contributed by atoms with Crippen molar-refractivity contribution in [2.75, 3.05) is 14.2 Å². The van der Waals surface area contributed by atoms with E-state index in [4.69, 9.17) is 27.9 Å². The highest BCUT2D eigenvalue weighted by molar-refractivity contribution is 9.10. The summed E-state index contributed by atoms with van der Waals surface area (Å²) in [6.45, 7) is 25.2. The van der Waals surface area contributed by atoms with Crippen molar-refractivity contribution in [3.05, 3.63) is 64.1 Å². The van der Waals surface area contributed by atoms with Gasteiger partial charge in [-0.2, -0.15) is 0 Å². The predicted octanol–water partition coefficient (Wildman–Crippen LogP) is 6.40. The molecule has 0 spiro atoms. The standard InChI is InChI=1S/C15H22BNO4.C12H24B2O4.C9H10BrNO2/c1-14(2)15(3,4)21-16(20-14)12-8-6-7-11(9-12)10-17-13(18)19-5;1-9(2)10(3,4)16-13(15-9)14-17-11(5,6)12(7,8)18-14;1-13-9(12)11-6-7-3-2-4-8(10)5-7/h6-9H,10H2,1-5H3,(H,17,18);1-8H3;2-5H,6H2,1H3,(H,11,12). The second-order valence-electron chi connectivity index (χ2n) is 15.9. The quantitative estimate of drug-likeness (QED) is 0.318. The van der Waals surface area contributed by atoms with Crippen molar-refractivity contribution in [2.45, 2.75) is 130 Å². The molecule has 0 unspecified atom stereocenters. The number of benzene rings is 2. The Morgan fingerprint density at radius 3 is 1.29 bits per heavy atom. The van der Waals surface area contributed by atoms with E-state index in [0.717, 1.165) is 21.1 Å². The molecule has 3 fully saturated rings. The van der Waals surface area contributed by atoms with Gasteiger partial charge in [0.1, 0.15) is 0 Å². The van der Waals surface area contributed by atoms with Crippen LogP contribution in [-0.2, 0) is 50.5 Å². The minimum atomic E-state index is -0.476. The third kappa shape index (κ3) is 11.0. The van der Waals surface area contributed by atoms with Gasteiger partial charge >= 0.3 is 33.3 Å². The summed E-state index contributed by atoms with van der Waals surface area (Å²) in [5.41, 5.74) is 0.770. The number of methoxy groups -OCH3 is 2. The Hall–Kier alpha value is -2.59. The molecule has 16 heteroatoms. The van der Waals surface area contributed by atoms with Crippen LogP contribution in [0.2, 0.25) is 0 Å². The molecule has 2 amide bonds. The number of hydrogen-bond donors (Lipinski definition) is 2. The van der Waals surface area contributed by atoms with Crippen molar-refractivity contribution in [1.29, 1.82) is 0 Å². The van der Waals surface area contributed by atoms with Crippen LogP contribution in [0.5, 0.6) is 0 Å². The highest BCUT2D eigenvalue weighted by atomic mass is 79.9. The molecule has 2 aromatic carbocycles. The number of amides is 2. The summed E-state index contributed by atoms with van der Waals surface area (Å²) < 4.78 is 45.9. The average molecular weight is 789 g/mol. The van der Waals surface area contributed by atoms with Crippen LogP contribution in [0.4, 0.5) is 9.59 Å². The summed E-state index contributed by atoms with van der Waals surface area (Å²) in [5.74, 6) is 0. The molecule has 3 saturated heterocycles. The molecule has 3 heterocycles. The third-order valence-electron chi connectivity index (χ3n) is 10.4. The van der Waals surface area contributed by atoms with E-state index in [2.05, 4.69) is 36.0 Å². The van der Waals surface area contributed by atoms with Gasteiger partial charge < -0.3 is 48.0 Å². The number of hydrogen-bond acceptors (Lipinski definition) is 10. The van der Waals surface area contributed by atoms with E-state index in [1.807, 2.05) is 132 Å². The molecule has 0 atom stereocenters. The topological polar surface area (TPSA) is 132 Å². The van der Waals surface area contributed by atoms with Gasteiger partial charge in [0.25, 0.3) is 0 Å². The van der Waals surface area contributed by atoms with Gasteiger partial charge in [-0.05, 0) is 112 Å². The van der Waals surface area contributed by atoms with Crippen LogP contribution in [0.3, 0.4) is 0 Å². The number of alkyl carbamates (subject to hydrolysis) is 2. The van der Waals surface area contributed by atoms with E-state index in [1.165, 1.54) is 14.2 Å². The number of halogens is 1. The van der Waals surface area contributed by atoms with Gasteiger partial charge in [0.15, 0.2) is 0 Å². The Morgan fingerprint density at radius 2 is 0.923 bits per heavy atom. The molecule has 12 nitrogen and oxygen atoms in total. The van der Waals surface area contributed by atoms with Crippen LogP contribution < -0.4 is 16.1 Å². The van der Waals surface area contributed by atoms with Gasteiger partial charge in [0.05, 0.1) is 47.8 Å². The average Bonchev–Trinajstić information content (AvgIpc) is 3.52. The second-order valence-corrected chi connectivity index (χ2v) is 16.8. The van der Waals surface area contributed by atoms with E-state index in [0.29, 0.717) is 13.1 Å². The summed E-state index contributed by atoms with van der Waals surface area (Å²) in [5, 5.41) is 5.25. The lowest BCUT2D eigenvalue weighted by molar-refractivity contribution is 0.00578. The summed E-state index contributed by atoms with van der Waals surface area (Å²) >= 11 is 3.34. The Balaban J connectivity index is 0.000000216. The number of carbonyl (C=O) groups excluding carboxylic acids is 2. The Kier molecular flexibility index (Phi) is 14.2. The molecule has 0 aliphatic carbocycles. The number of ether oxygens (including phenoxy) is 2. The van der Waals surface area contributed by atoms with E-state index in [-0.39, 0.29) is 33.6 Å². The zero-order valence-electron chi connectivity index (χ0n) is 33.2. The van der Waals surface area contributed by atoms with E-state index >= 15 is 0 Å². The van der Waals surface area contributed by atoms with Crippen LogP contribution >= 0.6 is 15.9 Å². The highest BCUT2D eigenvalue weighted by Gasteiger charge is 2.63. The molecule has 0 aromatic heterocycles. The first kappa shape index (κ1) is 43.8. The predicted molar refractivity (Wildman–Crippen MR) is 207 cm³/mol. The van der Waals surface area contributed by atoms with E-state index in [9.17, 15) is 9.59 Å². The fourth-order valence-corrected chi connectivity index (χ4v) is 5.41. The normalized spacial score (nSPS) is 21.2. The maximum absolute atomic E-state index is 11.1. The minimum absolute atomic E-state index is 0.360. The molecule has 52 heavy (non-hydrogen) atoms. The fourth-order valence-electron chi connectivity index (χ4n) is 4.97. The summed E-state index contributed by atoms with van der Waals surface area (Å²) in [7, 11) is 1.34. The SMILES string of the molecule is CC1(C)OB(B2OC(C)(C)C(C)(C)O2)OC1(C)C.COC(=O)NCc1cccc(B2OC(C)(C)C(C)(C)O2)c1.COC(=O)NCc1cccc(Br)c1. The van der Waals surface area contributed by atoms with Crippen molar-refractivity contribution in [3.63, 3.8) is 0 Å². The molecule has 0 saturated carbocycles. The van der Waals surface area contributed by atoms with Crippen LogP contribution in [0, 0.1) is 0 Å². The van der Waals surface area contributed by atoms with Gasteiger partial charge in [0.2, 0.25) is 0 Å². The maximum Gasteiger partial charge on any atom is 0.494 e. The zero-order chi connectivity index (χ0) is 39.3. The van der Waals surface area contributed by atoms with Crippen molar-refractivity contribution in [3.8, 4) is 0 Å². The van der Waals surface area contributed by atoms with Crippen molar-refractivity contribution < 1.29 is 47.0 Å². The highest BCUT2D eigenvalue weighted by Crippen LogP contribution is 2.43. The van der Waals surface area contributed by atoms with Gasteiger partial charge in [-0.15, -0.1) is 0 Å². The summed E-state index contributed by atoms with van der Waals surface area (Å²) in [6.07, 6.45) is -0.865. The third-order valence-corrected chi connectivity index (χ3v) is 10.9. The fraction of sp³-hybridized carbons (Fsp3) is 0.611. The molecule has 3 aliphatic heterocycles. The smallest absolute Gasteiger partial charge is 0.453 e. The summed E-state index contributed by atoms with van der Waals surface area (Å²) in [4.78, 5) is 21.8. The van der Waals surface area contributed by atoms with Crippen LogP contribution in [-0.4, -0.2) is 81.1 Å². The first-order chi connectivity index (χ1) is 23.8. The maximum atomic E-state index is 11.1.